The third kappa shape index (κ3) is 3.19. The van der Waals surface area contributed by atoms with E-state index in [4.69, 9.17) is 0 Å². The van der Waals surface area contributed by atoms with E-state index in [9.17, 15) is 14.9 Å². The smallest absolute Gasteiger partial charge is 0.300 e. The molecular formula is C14H13N5O3S. The quantitative estimate of drug-likeness (QED) is 0.585. The second-order valence-corrected chi connectivity index (χ2v) is 6.12. The van der Waals surface area contributed by atoms with Crippen molar-refractivity contribution in [3.8, 4) is 0 Å². The standard InChI is InChI=1S/C14H13N5O3S/c1-8-3-4-10-12(5-8)23-14(15-10)16-13(20)7-18-6-11(19(21)22)9(2)17-18/h3-6H,7H2,1-2H3,(H,15,16,20). The van der Waals surface area contributed by atoms with Crippen LogP contribution in [-0.2, 0) is 11.3 Å². The van der Waals surface area contributed by atoms with Gasteiger partial charge in [-0.3, -0.25) is 19.6 Å². The molecule has 3 aromatic rings. The van der Waals surface area contributed by atoms with Crippen molar-refractivity contribution in [2.75, 3.05) is 5.32 Å². The molecule has 0 aliphatic carbocycles. The molecule has 2 aromatic heterocycles. The van der Waals surface area contributed by atoms with Crippen molar-refractivity contribution >= 4 is 38.3 Å². The number of aryl methyl sites for hydroxylation is 2. The van der Waals surface area contributed by atoms with Gasteiger partial charge in [-0.1, -0.05) is 17.4 Å². The van der Waals surface area contributed by atoms with Crippen molar-refractivity contribution in [2.24, 2.45) is 0 Å². The highest BCUT2D eigenvalue weighted by Gasteiger charge is 2.17. The van der Waals surface area contributed by atoms with Gasteiger partial charge in [0.2, 0.25) is 5.91 Å². The molecule has 0 radical (unpaired) electrons. The van der Waals surface area contributed by atoms with Crippen molar-refractivity contribution in [3.05, 3.63) is 45.8 Å². The summed E-state index contributed by atoms with van der Waals surface area (Å²) >= 11 is 1.38. The number of hydrogen-bond acceptors (Lipinski definition) is 6. The van der Waals surface area contributed by atoms with E-state index >= 15 is 0 Å². The highest BCUT2D eigenvalue weighted by molar-refractivity contribution is 7.22. The molecule has 0 aliphatic rings. The molecule has 0 fully saturated rings. The van der Waals surface area contributed by atoms with E-state index in [0.29, 0.717) is 5.13 Å². The molecule has 0 aliphatic heterocycles. The van der Waals surface area contributed by atoms with Gasteiger partial charge < -0.3 is 5.32 Å². The number of aromatic nitrogens is 3. The van der Waals surface area contributed by atoms with Crippen molar-refractivity contribution in [1.82, 2.24) is 14.8 Å². The minimum atomic E-state index is -0.521. The minimum Gasteiger partial charge on any atom is -0.300 e. The Morgan fingerprint density at radius 3 is 2.91 bits per heavy atom. The summed E-state index contributed by atoms with van der Waals surface area (Å²) in [7, 11) is 0. The summed E-state index contributed by atoms with van der Waals surface area (Å²) in [6, 6.07) is 5.86. The van der Waals surface area contributed by atoms with Crippen molar-refractivity contribution in [3.63, 3.8) is 0 Å². The fourth-order valence-electron chi connectivity index (χ4n) is 2.16. The zero-order valence-electron chi connectivity index (χ0n) is 12.4. The number of carbonyl (C=O) groups excluding carboxylic acids is 1. The van der Waals surface area contributed by atoms with Crippen LogP contribution in [0.2, 0.25) is 0 Å². The second kappa shape index (κ2) is 5.76. The van der Waals surface area contributed by atoms with Gasteiger partial charge in [-0.05, 0) is 31.5 Å². The third-order valence-corrected chi connectivity index (χ3v) is 4.15. The van der Waals surface area contributed by atoms with Crippen LogP contribution in [0.4, 0.5) is 10.8 Å². The number of amides is 1. The normalized spacial score (nSPS) is 10.9. The number of benzene rings is 1. The SMILES string of the molecule is Cc1ccc2nc(NC(=O)Cn3cc([N+](=O)[O-])c(C)n3)sc2c1. The summed E-state index contributed by atoms with van der Waals surface area (Å²) in [4.78, 5) is 26.6. The Bertz CT molecular complexity index is 914. The van der Waals surface area contributed by atoms with Crippen molar-refractivity contribution in [2.45, 2.75) is 20.4 Å². The Labute approximate surface area is 134 Å². The molecule has 23 heavy (non-hydrogen) atoms. The molecule has 0 bridgehead atoms. The summed E-state index contributed by atoms with van der Waals surface area (Å²) in [5, 5.41) is 17.9. The van der Waals surface area contributed by atoms with Gasteiger partial charge in [0, 0.05) is 0 Å². The molecule has 9 heteroatoms. The maximum atomic E-state index is 12.0. The highest BCUT2D eigenvalue weighted by Crippen LogP contribution is 2.26. The summed E-state index contributed by atoms with van der Waals surface area (Å²) in [6.07, 6.45) is 1.25. The van der Waals surface area contributed by atoms with Gasteiger partial charge in [0.25, 0.3) is 0 Å². The summed E-state index contributed by atoms with van der Waals surface area (Å²) < 4.78 is 2.24. The number of carbonyl (C=O) groups is 1. The lowest BCUT2D eigenvalue weighted by Crippen LogP contribution is -2.18. The molecule has 2 heterocycles. The van der Waals surface area contributed by atoms with Gasteiger partial charge in [-0.25, -0.2) is 4.98 Å². The molecule has 0 unspecified atom stereocenters. The molecule has 1 amide bonds. The van der Waals surface area contributed by atoms with Gasteiger partial charge in [-0.15, -0.1) is 0 Å². The first kappa shape index (κ1) is 15.1. The van der Waals surface area contributed by atoms with E-state index in [1.54, 1.807) is 0 Å². The van der Waals surface area contributed by atoms with Crippen molar-refractivity contribution < 1.29 is 9.72 Å². The number of nitro groups is 1. The average molecular weight is 331 g/mol. The van der Waals surface area contributed by atoms with E-state index in [2.05, 4.69) is 15.4 Å². The van der Waals surface area contributed by atoms with Gasteiger partial charge >= 0.3 is 5.69 Å². The van der Waals surface area contributed by atoms with Gasteiger partial charge in [0.15, 0.2) is 5.13 Å². The van der Waals surface area contributed by atoms with E-state index in [-0.39, 0.29) is 23.8 Å². The molecule has 118 valence electrons. The predicted molar refractivity (Wildman–Crippen MR) is 86.6 cm³/mol. The molecule has 0 saturated carbocycles. The van der Waals surface area contributed by atoms with Crippen LogP contribution in [0, 0.1) is 24.0 Å². The lowest BCUT2D eigenvalue weighted by molar-refractivity contribution is -0.385. The van der Waals surface area contributed by atoms with Gasteiger partial charge in [0.05, 0.1) is 15.1 Å². The monoisotopic (exact) mass is 331 g/mol. The minimum absolute atomic E-state index is 0.103. The highest BCUT2D eigenvalue weighted by atomic mass is 32.1. The molecule has 0 spiro atoms. The predicted octanol–water partition coefficient (Wildman–Crippen LogP) is 2.66. The molecule has 8 nitrogen and oxygen atoms in total. The number of nitrogens with one attached hydrogen (secondary N) is 1. The zero-order chi connectivity index (χ0) is 16.6. The molecule has 0 atom stereocenters. The summed E-state index contributed by atoms with van der Waals surface area (Å²) in [6.45, 7) is 3.41. The van der Waals surface area contributed by atoms with E-state index in [0.717, 1.165) is 15.8 Å². The lowest BCUT2D eigenvalue weighted by Gasteiger charge is -2.00. The first-order valence-electron chi connectivity index (χ1n) is 6.78. The summed E-state index contributed by atoms with van der Waals surface area (Å²) in [5.41, 5.74) is 2.12. The third-order valence-electron chi connectivity index (χ3n) is 3.21. The number of rotatable bonds is 4. The van der Waals surface area contributed by atoms with Crippen LogP contribution in [-0.4, -0.2) is 25.6 Å². The maximum Gasteiger partial charge on any atom is 0.309 e. The molecule has 1 N–H and O–H groups in total. The van der Waals surface area contributed by atoms with Crippen LogP contribution in [0.5, 0.6) is 0 Å². The Kier molecular flexibility index (Phi) is 3.78. The molecular weight excluding hydrogens is 318 g/mol. The zero-order valence-corrected chi connectivity index (χ0v) is 13.3. The van der Waals surface area contributed by atoms with E-state index in [1.807, 2.05) is 25.1 Å². The second-order valence-electron chi connectivity index (χ2n) is 5.09. The molecule has 3 rings (SSSR count). The summed E-state index contributed by atoms with van der Waals surface area (Å²) in [5.74, 6) is -0.335. The van der Waals surface area contributed by atoms with Gasteiger partial charge in [-0.2, -0.15) is 5.10 Å². The fraction of sp³-hybridized carbons (Fsp3) is 0.214. The Morgan fingerprint density at radius 1 is 1.43 bits per heavy atom. The topological polar surface area (TPSA) is 103 Å². The Balaban J connectivity index is 1.73. The molecule has 1 aromatic carbocycles. The first-order chi connectivity index (χ1) is 10.9. The average Bonchev–Trinajstić information content (AvgIpc) is 3.01. The fourth-order valence-corrected chi connectivity index (χ4v) is 3.14. The van der Waals surface area contributed by atoms with Crippen LogP contribution in [0.1, 0.15) is 11.3 Å². The number of anilines is 1. The number of nitrogens with zero attached hydrogens (tertiary/aromatic N) is 4. The first-order valence-corrected chi connectivity index (χ1v) is 7.59. The van der Waals surface area contributed by atoms with Crippen LogP contribution in [0.3, 0.4) is 0 Å². The van der Waals surface area contributed by atoms with Gasteiger partial charge in [0.1, 0.15) is 18.4 Å². The number of fused-ring (bicyclic) bond motifs is 1. The molecule has 0 saturated heterocycles. The lowest BCUT2D eigenvalue weighted by atomic mass is 10.2. The largest absolute Gasteiger partial charge is 0.309 e. The van der Waals surface area contributed by atoms with Crippen LogP contribution >= 0.6 is 11.3 Å². The van der Waals surface area contributed by atoms with E-state index < -0.39 is 4.92 Å². The number of hydrogen-bond donors (Lipinski definition) is 1. The Morgan fingerprint density at radius 2 is 2.22 bits per heavy atom. The van der Waals surface area contributed by atoms with Crippen LogP contribution in [0.15, 0.2) is 24.4 Å². The van der Waals surface area contributed by atoms with E-state index in [1.165, 1.54) is 29.1 Å². The Hall–Kier alpha value is -2.81. The number of thiazole rings is 1. The van der Waals surface area contributed by atoms with Crippen LogP contribution < -0.4 is 5.32 Å². The van der Waals surface area contributed by atoms with Crippen LogP contribution in [0.25, 0.3) is 10.2 Å². The maximum absolute atomic E-state index is 12.0. The van der Waals surface area contributed by atoms with Crippen molar-refractivity contribution in [1.29, 1.82) is 0 Å².